The molecular formula is C24H21N3O2S. The maximum atomic E-state index is 12.8. The number of nitrogens with one attached hydrogen (secondary N) is 1. The van der Waals surface area contributed by atoms with E-state index in [4.69, 9.17) is 0 Å². The summed E-state index contributed by atoms with van der Waals surface area (Å²) in [6.45, 7) is 4.84. The lowest BCUT2D eigenvalue weighted by molar-refractivity contribution is 0.102. The van der Waals surface area contributed by atoms with E-state index in [1.54, 1.807) is 36.4 Å². The second-order valence-corrected chi connectivity index (χ2v) is 8.27. The van der Waals surface area contributed by atoms with E-state index in [-0.39, 0.29) is 11.7 Å². The number of thiophene rings is 1. The molecule has 150 valence electrons. The molecule has 1 aliphatic heterocycles. The van der Waals surface area contributed by atoms with Gasteiger partial charge < -0.3 is 5.32 Å². The fraction of sp³-hybridized carbons (Fsp3) is 0.208. The summed E-state index contributed by atoms with van der Waals surface area (Å²) in [4.78, 5) is 28.8. The Bertz CT molecular complexity index is 1130. The molecule has 0 spiro atoms. The Balaban J connectivity index is 1.52. The Hall–Kier alpha value is -3.27. The normalized spacial score (nSPS) is 13.3. The van der Waals surface area contributed by atoms with Crippen LogP contribution in [0.5, 0.6) is 0 Å². The summed E-state index contributed by atoms with van der Waals surface area (Å²) in [5.41, 5.74) is 3.23. The molecule has 5 nitrogen and oxygen atoms in total. The standard InChI is InChI=1S/C24H21N3O2S/c1-2-27-13-12-19-20(14-25)24(30-21(19)15-27)26-23(29)18-10-8-17(9-11-18)22(28)16-6-4-3-5-7-16/h3-11H,2,12-13,15H2,1H3,(H,26,29). The van der Waals surface area contributed by atoms with Gasteiger partial charge in [0.05, 0.1) is 5.56 Å². The van der Waals surface area contributed by atoms with Crippen molar-refractivity contribution < 1.29 is 9.59 Å². The molecule has 1 aliphatic rings. The molecule has 1 amide bonds. The van der Waals surface area contributed by atoms with Gasteiger partial charge in [0.1, 0.15) is 11.1 Å². The van der Waals surface area contributed by atoms with Crippen LogP contribution in [0.25, 0.3) is 0 Å². The Morgan fingerprint density at radius 1 is 1.07 bits per heavy atom. The number of ketones is 1. The smallest absolute Gasteiger partial charge is 0.256 e. The number of anilines is 1. The Morgan fingerprint density at radius 2 is 1.73 bits per heavy atom. The van der Waals surface area contributed by atoms with Crippen LogP contribution in [0.15, 0.2) is 54.6 Å². The van der Waals surface area contributed by atoms with E-state index in [2.05, 4.69) is 23.2 Å². The minimum Gasteiger partial charge on any atom is -0.312 e. The maximum absolute atomic E-state index is 12.8. The van der Waals surface area contributed by atoms with E-state index in [1.165, 1.54) is 11.3 Å². The molecule has 3 aromatic rings. The van der Waals surface area contributed by atoms with Gasteiger partial charge in [-0.05, 0) is 30.7 Å². The lowest BCUT2D eigenvalue weighted by atomic mass is 10.0. The van der Waals surface area contributed by atoms with Crippen molar-refractivity contribution in [3.8, 4) is 6.07 Å². The minimum atomic E-state index is -0.281. The van der Waals surface area contributed by atoms with Crippen LogP contribution >= 0.6 is 11.3 Å². The first-order chi connectivity index (χ1) is 14.6. The number of nitriles is 1. The predicted octanol–water partition coefficient (Wildman–Crippen LogP) is 4.48. The number of hydrogen-bond donors (Lipinski definition) is 1. The highest BCUT2D eigenvalue weighted by atomic mass is 32.1. The summed E-state index contributed by atoms with van der Waals surface area (Å²) in [6.07, 6.45) is 0.828. The van der Waals surface area contributed by atoms with E-state index in [0.717, 1.165) is 36.5 Å². The number of likely N-dealkylation sites (N-methyl/N-ethyl adjacent to an activating group) is 1. The second-order valence-electron chi connectivity index (χ2n) is 7.17. The van der Waals surface area contributed by atoms with Crippen molar-refractivity contribution in [3.63, 3.8) is 0 Å². The van der Waals surface area contributed by atoms with Crippen molar-refractivity contribution in [2.24, 2.45) is 0 Å². The van der Waals surface area contributed by atoms with Gasteiger partial charge in [-0.25, -0.2) is 0 Å². The zero-order chi connectivity index (χ0) is 21.1. The third-order valence-corrected chi connectivity index (χ3v) is 6.50. The molecule has 0 radical (unpaired) electrons. The fourth-order valence-corrected chi connectivity index (χ4v) is 4.87. The minimum absolute atomic E-state index is 0.0827. The van der Waals surface area contributed by atoms with Gasteiger partial charge >= 0.3 is 0 Å². The first-order valence-corrected chi connectivity index (χ1v) is 10.7. The average Bonchev–Trinajstić information content (AvgIpc) is 3.15. The summed E-state index contributed by atoms with van der Waals surface area (Å²) in [7, 11) is 0. The number of hydrogen-bond acceptors (Lipinski definition) is 5. The molecule has 6 heteroatoms. The van der Waals surface area contributed by atoms with Gasteiger partial charge in [0.2, 0.25) is 0 Å². The molecule has 0 aliphatic carbocycles. The molecule has 0 saturated heterocycles. The van der Waals surface area contributed by atoms with Crippen molar-refractivity contribution in [1.82, 2.24) is 4.90 Å². The van der Waals surface area contributed by atoms with Gasteiger partial charge in [-0.3, -0.25) is 14.5 Å². The van der Waals surface area contributed by atoms with E-state index in [9.17, 15) is 14.9 Å². The molecule has 2 aromatic carbocycles. The van der Waals surface area contributed by atoms with E-state index in [0.29, 0.717) is 27.3 Å². The monoisotopic (exact) mass is 415 g/mol. The molecular weight excluding hydrogens is 394 g/mol. The summed E-state index contributed by atoms with van der Waals surface area (Å²) < 4.78 is 0. The van der Waals surface area contributed by atoms with Gasteiger partial charge in [-0.2, -0.15) is 5.26 Å². The lowest BCUT2D eigenvalue weighted by Gasteiger charge is -2.24. The van der Waals surface area contributed by atoms with Crippen molar-refractivity contribution in [3.05, 3.63) is 87.3 Å². The predicted molar refractivity (Wildman–Crippen MR) is 118 cm³/mol. The number of carbonyl (C=O) groups is 2. The topological polar surface area (TPSA) is 73.2 Å². The SMILES string of the molecule is CCN1CCc2c(sc(NC(=O)c3ccc(C(=O)c4ccccc4)cc3)c2C#N)C1. The van der Waals surface area contributed by atoms with Crippen LogP contribution in [0.4, 0.5) is 5.00 Å². The highest BCUT2D eigenvalue weighted by Gasteiger charge is 2.24. The molecule has 2 heterocycles. The van der Waals surface area contributed by atoms with E-state index < -0.39 is 0 Å². The number of benzene rings is 2. The molecule has 4 rings (SSSR count). The van der Waals surface area contributed by atoms with Crippen molar-refractivity contribution in [2.75, 3.05) is 18.4 Å². The number of rotatable bonds is 5. The van der Waals surface area contributed by atoms with Gasteiger partial charge in [0, 0.05) is 34.7 Å². The number of carbonyl (C=O) groups excluding carboxylic acids is 2. The highest BCUT2D eigenvalue weighted by molar-refractivity contribution is 7.16. The van der Waals surface area contributed by atoms with Crippen LogP contribution in [0.2, 0.25) is 0 Å². The first-order valence-electron chi connectivity index (χ1n) is 9.89. The van der Waals surface area contributed by atoms with Crippen molar-refractivity contribution in [2.45, 2.75) is 19.9 Å². The van der Waals surface area contributed by atoms with Gasteiger partial charge in [-0.1, -0.05) is 49.4 Å². The zero-order valence-corrected chi connectivity index (χ0v) is 17.5. The summed E-state index contributed by atoms with van der Waals surface area (Å²) in [6, 6.07) is 17.9. The third kappa shape index (κ3) is 3.90. The number of amides is 1. The largest absolute Gasteiger partial charge is 0.312 e. The van der Waals surface area contributed by atoms with Crippen LogP contribution in [-0.2, 0) is 13.0 Å². The molecule has 0 unspecified atom stereocenters. The van der Waals surface area contributed by atoms with E-state index in [1.807, 2.05) is 18.2 Å². The summed E-state index contributed by atoms with van der Waals surface area (Å²) in [5.74, 6) is -0.364. The second kappa shape index (κ2) is 8.62. The molecule has 1 aromatic heterocycles. The van der Waals surface area contributed by atoms with Crippen molar-refractivity contribution in [1.29, 1.82) is 5.26 Å². The first kappa shape index (κ1) is 20.0. The highest BCUT2D eigenvalue weighted by Crippen LogP contribution is 2.36. The Labute approximate surface area is 179 Å². The lowest BCUT2D eigenvalue weighted by Crippen LogP contribution is -2.29. The zero-order valence-electron chi connectivity index (χ0n) is 16.6. The Morgan fingerprint density at radius 3 is 2.40 bits per heavy atom. The van der Waals surface area contributed by atoms with Crippen LogP contribution in [0.1, 0.15) is 49.2 Å². The number of fused-ring (bicyclic) bond motifs is 1. The summed E-state index contributed by atoms with van der Waals surface area (Å²) >= 11 is 1.48. The molecule has 0 fully saturated rings. The van der Waals surface area contributed by atoms with Crippen LogP contribution in [0, 0.1) is 11.3 Å². The maximum Gasteiger partial charge on any atom is 0.256 e. The van der Waals surface area contributed by atoms with Crippen LogP contribution in [-0.4, -0.2) is 29.7 Å². The van der Waals surface area contributed by atoms with Gasteiger partial charge in [0.15, 0.2) is 5.78 Å². The Kier molecular flexibility index (Phi) is 5.75. The fourth-order valence-electron chi connectivity index (χ4n) is 3.64. The van der Waals surface area contributed by atoms with Gasteiger partial charge in [-0.15, -0.1) is 11.3 Å². The quantitative estimate of drug-likeness (QED) is 0.624. The summed E-state index contributed by atoms with van der Waals surface area (Å²) in [5, 5.41) is 13.1. The molecule has 0 atom stereocenters. The molecule has 30 heavy (non-hydrogen) atoms. The van der Waals surface area contributed by atoms with Crippen LogP contribution < -0.4 is 5.32 Å². The van der Waals surface area contributed by atoms with Crippen molar-refractivity contribution >= 4 is 28.0 Å². The van der Waals surface area contributed by atoms with E-state index >= 15 is 0 Å². The third-order valence-electron chi connectivity index (χ3n) is 5.37. The number of nitrogens with zero attached hydrogens (tertiary/aromatic N) is 2. The molecule has 1 N–H and O–H groups in total. The molecule has 0 bridgehead atoms. The van der Waals surface area contributed by atoms with Gasteiger partial charge in [0.25, 0.3) is 5.91 Å². The van der Waals surface area contributed by atoms with Crippen LogP contribution in [0.3, 0.4) is 0 Å². The average molecular weight is 416 g/mol. The molecule has 0 saturated carbocycles.